The van der Waals surface area contributed by atoms with Crippen molar-refractivity contribution in [3.63, 3.8) is 0 Å². The predicted molar refractivity (Wildman–Crippen MR) is 50.7 cm³/mol. The lowest BCUT2D eigenvalue weighted by Gasteiger charge is -2.12. The van der Waals surface area contributed by atoms with E-state index in [0.717, 1.165) is 11.3 Å². The number of nitrogens with zero attached hydrogens (tertiary/aromatic N) is 1. The Morgan fingerprint density at radius 2 is 2.50 bits per heavy atom. The third-order valence-electron chi connectivity index (χ3n) is 2.56. The number of carbonyl (C=O) groups is 1. The molecule has 1 unspecified atom stereocenters. The normalized spacial score (nSPS) is 24.4. The lowest BCUT2D eigenvalue weighted by atomic mass is 10.0. The molecule has 0 bridgehead atoms. The first kappa shape index (κ1) is 9.15. The summed E-state index contributed by atoms with van der Waals surface area (Å²) in [6, 6.07) is 3.60. The first-order valence-corrected chi connectivity index (χ1v) is 4.51. The molecule has 0 amide bonds. The van der Waals surface area contributed by atoms with Crippen LogP contribution in [0, 0.1) is 0 Å². The summed E-state index contributed by atoms with van der Waals surface area (Å²) in [5, 5.41) is 0. The molecule has 1 aromatic rings. The first-order chi connectivity index (χ1) is 6.74. The topological polar surface area (TPSA) is 65.2 Å². The molecule has 0 aromatic carbocycles. The van der Waals surface area contributed by atoms with Crippen molar-refractivity contribution in [2.24, 2.45) is 5.73 Å². The Kier molecular flexibility index (Phi) is 2.21. The summed E-state index contributed by atoms with van der Waals surface area (Å²) in [6.45, 7) is 0. The highest BCUT2D eigenvalue weighted by Crippen LogP contribution is 2.30. The van der Waals surface area contributed by atoms with Crippen LogP contribution in [0.3, 0.4) is 0 Å². The minimum atomic E-state index is -0.392. The number of esters is 1. The van der Waals surface area contributed by atoms with Crippen molar-refractivity contribution in [2.45, 2.75) is 18.4 Å². The van der Waals surface area contributed by atoms with Gasteiger partial charge in [-0.25, -0.2) is 0 Å². The van der Waals surface area contributed by atoms with Crippen molar-refractivity contribution < 1.29 is 9.53 Å². The predicted octanol–water partition coefficient (Wildman–Crippen LogP) is 0.222. The molecule has 2 N–H and O–H groups in total. The fraction of sp³-hybridized carbons (Fsp3) is 0.400. The molecule has 74 valence electrons. The summed E-state index contributed by atoms with van der Waals surface area (Å²) in [5.74, 6) is -0.689. The van der Waals surface area contributed by atoms with Gasteiger partial charge in [0.05, 0.1) is 12.8 Å². The molecule has 2 atom stereocenters. The van der Waals surface area contributed by atoms with E-state index in [9.17, 15) is 4.79 Å². The Labute approximate surface area is 82.1 Å². The van der Waals surface area contributed by atoms with Crippen LogP contribution in [0.4, 0.5) is 0 Å². The Morgan fingerprint density at radius 3 is 3.21 bits per heavy atom. The number of hydrogen-bond donors (Lipinski definition) is 1. The molecular weight excluding hydrogens is 180 g/mol. The van der Waals surface area contributed by atoms with Crippen LogP contribution in [0.5, 0.6) is 0 Å². The molecule has 4 nitrogen and oxygen atoms in total. The van der Waals surface area contributed by atoms with E-state index in [1.165, 1.54) is 7.11 Å². The van der Waals surface area contributed by atoms with Gasteiger partial charge in [-0.05, 0) is 18.1 Å². The molecule has 4 heteroatoms. The van der Waals surface area contributed by atoms with Crippen molar-refractivity contribution in [1.29, 1.82) is 0 Å². The number of hydrogen-bond acceptors (Lipinski definition) is 4. The van der Waals surface area contributed by atoms with Gasteiger partial charge < -0.3 is 10.5 Å². The van der Waals surface area contributed by atoms with E-state index in [1.807, 2.05) is 12.1 Å². The van der Waals surface area contributed by atoms with E-state index < -0.39 is 5.92 Å². The molecule has 14 heavy (non-hydrogen) atoms. The highest BCUT2D eigenvalue weighted by atomic mass is 16.5. The van der Waals surface area contributed by atoms with E-state index in [-0.39, 0.29) is 12.0 Å². The minimum absolute atomic E-state index is 0.202. The van der Waals surface area contributed by atoms with Gasteiger partial charge in [0.25, 0.3) is 0 Å². The largest absolute Gasteiger partial charge is 0.468 e. The van der Waals surface area contributed by atoms with Crippen molar-refractivity contribution in [2.75, 3.05) is 7.11 Å². The number of pyridine rings is 1. The second-order valence-electron chi connectivity index (χ2n) is 3.42. The summed E-state index contributed by atoms with van der Waals surface area (Å²) in [7, 11) is 1.37. The molecule has 0 aliphatic heterocycles. The van der Waals surface area contributed by atoms with Crippen LogP contribution in [0.2, 0.25) is 0 Å². The van der Waals surface area contributed by atoms with Crippen LogP contribution >= 0.6 is 0 Å². The Balaban J connectivity index is 2.39. The minimum Gasteiger partial charge on any atom is -0.468 e. The fourth-order valence-electron chi connectivity index (χ4n) is 1.89. The van der Waals surface area contributed by atoms with Gasteiger partial charge in [-0.1, -0.05) is 6.07 Å². The molecule has 1 aromatic heterocycles. The van der Waals surface area contributed by atoms with E-state index >= 15 is 0 Å². The third kappa shape index (κ3) is 1.28. The third-order valence-corrected chi connectivity index (χ3v) is 2.56. The van der Waals surface area contributed by atoms with Gasteiger partial charge in [-0.2, -0.15) is 0 Å². The Morgan fingerprint density at radius 1 is 1.71 bits per heavy atom. The van der Waals surface area contributed by atoms with Crippen LogP contribution in [0.1, 0.15) is 17.2 Å². The number of methoxy groups -OCH3 is 1. The maximum Gasteiger partial charge on any atom is 0.316 e. The van der Waals surface area contributed by atoms with Crippen molar-refractivity contribution in [3.8, 4) is 0 Å². The zero-order valence-corrected chi connectivity index (χ0v) is 7.93. The van der Waals surface area contributed by atoms with Gasteiger partial charge in [-0.15, -0.1) is 0 Å². The molecular formula is C10H12N2O2. The van der Waals surface area contributed by atoms with Crippen LogP contribution < -0.4 is 5.73 Å². The molecule has 0 fully saturated rings. The number of rotatable bonds is 1. The maximum absolute atomic E-state index is 11.4. The van der Waals surface area contributed by atoms with Gasteiger partial charge in [0.2, 0.25) is 0 Å². The van der Waals surface area contributed by atoms with Crippen LogP contribution in [0.15, 0.2) is 18.3 Å². The molecule has 0 spiro atoms. The van der Waals surface area contributed by atoms with Crippen molar-refractivity contribution >= 4 is 5.97 Å². The van der Waals surface area contributed by atoms with E-state index in [0.29, 0.717) is 6.42 Å². The first-order valence-electron chi connectivity index (χ1n) is 4.51. The molecule has 1 aliphatic rings. The summed E-state index contributed by atoms with van der Waals surface area (Å²) in [6.07, 6.45) is 2.37. The molecule has 0 saturated heterocycles. The van der Waals surface area contributed by atoms with Gasteiger partial charge >= 0.3 is 5.97 Å². The molecule has 1 aliphatic carbocycles. The van der Waals surface area contributed by atoms with Gasteiger partial charge in [-0.3, -0.25) is 9.78 Å². The smallest absolute Gasteiger partial charge is 0.316 e. The standard InChI is InChI=1S/C10H12N2O2/c1-14-10(13)8-7(11)5-6-3-2-4-12-9(6)8/h2-4,7-8H,5,11H2,1H3/t7?,8-/m0/s1. The summed E-state index contributed by atoms with van der Waals surface area (Å²) in [5.41, 5.74) is 7.69. The average molecular weight is 192 g/mol. The number of carbonyl (C=O) groups excluding carboxylic acids is 1. The highest BCUT2D eigenvalue weighted by Gasteiger charge is 2.37. The summed E-state index contributed by atoms with van der Waals surface area (Å²) < 4.78 is 4.70. The Bertz CT molecular complexity index is 365. The highest BCUT2D eigenvalue weighted by molar-refractivity contribution is 5.80. The van der Waals surface area contributed by atoms with Crippen LogP contribution in [-0.2, 0) is 16.0 Å². The van der Waals surface area contributed by atoms with Gasteiger partial charge in [0.1, 0.15) is 5.92 Å². The SMILES string of the molecule is COC(=O)[C@@H]1c2ncccc2CC1N. The fourth-order valence-corrected chi connectivity index (χ4v) is 1.89. The van der Waals surface area contributed by atoms with Crippen molar-refractivity contribution in [3.05, 3.63) is 29.6 Å². The lowest BCUT2D eigenvalue weighted by Crippen LogP contribution is -2.31. The molecule has 1 heterocycles. The van der Waals surface area contributed by atoms with E-state index in [1.54, 1.807) is 6.20 Å². The lowest BCUT2D eigenvalue weighted by molar-refractivity contribution is -0.142. The second-order valence-corrected chi connectivity index (χ2v) is 3.42. The maximum atomic E-state index is 11.4. The Hall–Kier alpha value is -1.42. The second kappa shape index (κ2) is 3.38. The molecule has 2 rings (SSSR count). The van der Waals surface area contributed by atoms with Crippen LogP contribution in [0.25, 0.3) is 0 Å². The number of ether oxygens (including phenoxy) is 1. The van der Waals surface area contributed by atoms with Gasteiger partial charge in [0.15, 0.2) is 0 Å². The van der Waals surface area contributed by atoms with Crippen LogP contribution in [-0.4, -0.2) is 24.1 Å². The zero-order valence-electron chi connectivity index (χ0n) is 7.93. The number of nitrogens with two attached hydrogens (primary N) is 1. The quantitative estimate of drug-likeness (QED) is 0.646. The molecule has 0 radical (unpaired) electrons. The molecule has 0 saturated carbocycles. The van der Waals surface area contributed by atoms with E-state index in [4.69, 9.17) is 10.5 Å². The van der Waals surface area contributed by atoms with Crippen molar-refractivity contribution in [1.82, 2.24) is 4.98 Å². The summed E-state index contributed by atoms with van der Waals surface area (Å²) in [4.78, 5) is 15.6. The average Bonchev–Trinajstić information content (AvgIpc) is 2.53. The van der Waals surface area contributed by atoms with E-state index in [2.05, 4.69) is 4.98 Å². The number of fused-ring (bicyclic) bond motifs is 1. The number of aromatic nitrogens is 1. The van der Waals surface area contributed by atoms with Gasteiger partial charge in [0, 0.05) is 12.2 Å². The monoisotopic (exact) mass is 192 g/mol. The zero-order chi connectivity index (χ0) is 10.1. The summed E-state index contributed by atoms with van der Waals surface area (Å²) >= 11 is 0.